The van der Waals surface area contributed by atoms with Gasteiger partial charge in [0.15, 0.2) is 0 Å². The molecule has 0 unspecified atom stereocenters. The zero-order chi connectivity index (χ0) is 8.55. The molecule has 1 aromatic heterocycles. The Balaban J connectivity index is 2.89. The number of para-hydroxylation sites is 1. The Hall–Kier alpha value is -1.64. The van der Waals surface area contributed by atoms with Gasteiger partial charge in [-0.15, -0.1) is 0 Å². The summed E-state index contributed by atoms with van der Waals surface area (Å²) in [5.74, 6) is 0.955. The lowest BCUT2D eigenvalue weighted by Gasteiger charge is -2.00. The summed E-state index contributed by atoms with van der Waals surface area (Å²) in [6.45, 7) is 3.63. The highest BCUT2D eigenvalue weighted by molar-refractivity contribution is 5.87. The van der Waals surface area contributed by atoms with E-state index in [0.29, 0.717) is 11.6 Å². The van der Waals surface area contributed by atoms with Crippen molar-refractivity contribution in [1.82, 2.24) is 9.97 Å². The Kier molecular flexibility index (Phi) is 1.43. The molecule has 0 aliphatic heterocycles. The predicted molar refractivity (Wildman–Crippen MR) is 48.4 cm³/mol. The minimum atomic E-state index is 0.464. The van der Waals surface area contributed by atoms with E-state index in [1.807, 2.05) is 24.3 Å². The zero-order valence-electron chi connectivity index (χ0n) is 6.49. The molecule has 2 N–H and O–H groups in total. The van der Waals surface area contributed by atoms with Gasteiger partial charge in [-0.05, 0) is 12.1 Å². The van der Waals surface area contributed by atoms with Crippen LogP contribution in [-0.4, -0.2) is 9.97 Å². The van der Waals surface area contributed by atoms with Gasteiger partial charge in [0.1, 0.15) is 11.6 Å². The Bertz CT molecular complexity index is 423. The molecule has 2 rings (SSSR count). The topological polar surface area (TPSA) is 51.8 Å². The Morgan fingerprint density at radius 3 is 2.75 bits per heavy atom. The second-order valence-corrected chi connectivity index (χ2v) is 2.54. The van der Waals surface area contributed by atoms with Crippen molar-refractivity contribution in [2.75, 3.05) is 5.73 Å². The fourth-order valence-corrected chi connectivity index (χ4v) is 1.15. The molecule has 2 aromatic rings. The van der Waals surface area contributed by atoms with Gasteiger partial charge in [-0.1, -0.05) is 12.1 Å². The number of benzene rings is 1. The van der Waals surface area contributed by atoms with Crippen LogP contribution in [0.5, 0.6) is 0 Å². The summed E-state index contributed by atoms with van der Waals surface area (Å²) in [6.07, 6.45) is 0. The summed E-state index contributed by atoms with van der Waals surface area (Å²) in [6, 6.07) is 7.60. The normalized spacial score (nSPS) is 10.4. The van der Waals surface area contributed by atoms with E-state index < -0.39 is 0 Å². The van der Waals surface area contributed by atoms with E-state index in [2.05, 4.69) is 16.9 Å². The monoisotopic (exact) mass is 158 g/mol. The zero-order valence-corrected chi connectivity index (χ0v) is 6.49. The van der Waals surface area contributed by atoms with Crippen LogP contribution in [0.1, 0.15) is 5.82 Å². The lowest BCUT2D eigenvalue weighted by Crippen LogP contribution is -1.96. The number of fused-ring (bicyclic) bond motifs is 1. The number of hydrogen-bond acceptors (Lipinski definition) is 3. The maximum Gasteiger partial charge on any atom is 0.135 e. The van der Waals surface area contributed by atoms with E-state index in [0.717, 1.165) is 10.9 Å². The number of hydrogen-bond donors (Lipinski definition) is 1. The first-order chi connectivity index (χ1) is 5.77. The van der Waals surface area contributed by atoms with Gasteiger partial charge < -0.3 is 5.73 Å². The Morgan fingerprint density at radius 2 is 1.92 bits per heavy atom. The van der Waals surface area contributed by atoms with E-state index in [1.165, 1.54) is 0 Å². The lowest BCUT2D eigenvalue weighted by molar-refractivity contribution is 1.16. The van der Waals surface area contributed by atoms with Crippen LogP contribution >= 0.6 is 0 Å². The Morgan fingerprint density at radius 1 is 1.17 bits per heavy atom. The van der Waals surface area contributed by atoms with Gasteiger partial charge in [0.05, 0.1) is 5.52 Å². The van der Waals surface area contributed by atoms with Crippen molar-refractivity contribution in [1.29, 1.82) is 0 Å². The molecule has 3 heteroatoms. The third-order valence-electron chi connectivity index (χ3n) is 1.68. The maximum absolute atomic E-state index is 5.67. The van der Waals surface area contributed by atoms with E-state index in [-0.39, 0.29) is 0 Å². The molecule has 3 nitrogen and oxygen atoms in total. The van der Waals surface area contributed by atoms with Crippen molar-refractivity contribution >= 4 is 16.7 Å². The summed E-state index contributed by atoms with van der Waals surface area (Å²) in [7, 11) is 0. The molecule has 0 fully saturated rings. The van der Waals surface area contributed by atoms with Gasteiger partial charge in [-0.2, -0.15) is 0 Å². The Labute approximate surface area is 70.3 Å². The van der Waals surface area contributed by atoms with Gasteiger partial charge in [0, 0.05) is 12.3 Å². The number of nitrogens with zero attached hydrogens (tertiary/aromatic N) is 2. The van der Waals surface area contributed by atoms with Crippen molar-refractivity contribution in [2.45, 2.75) is 0 Å². The fraction of sp³-hybridized carbons (Fsp3) is 0. The molecule has 12 heavy (non-hydrogen) atoms. The van der Waals surface area contributed by atoms with Crippen LogP contribution in [-0.2, 0) is 0 Å². The number of anilines is 1. The van der Waals surface area contributed by atoms with Crippen molar-refractivity contribution < 1.29 is 0 Å². The molecule has 59 valence electrons. The number of nitrogen functional groups attached to an aromatic ring is 1. The van der Waals surface area contributed by atoms with Gasteiger partial charge in [0.2, 0.25) is 0 Å². The highest BCUT2D eigenvalue weighted by atomic mass is 14.9. The van der Waals surface area contributed by atoms with Crippen LogP contribution in [0.15, 0.2) is 24.3 Å². The fourth-order valence-electron chi connectivity index (χ4n) is 1.15. The lowest BCUT2D eigenvalue weighted by atomic mass is 10.2. The molecular weight excluding hydrogens is 150 g/mol. The second kappa shape index (κ2) is 2.44. The molecule has 1 radical (unpaired) electrons. The first-order valence-corrected chi connectivity index (χ1v) is 3.61. The van der Waals surface area contributed by atoms with Crippen LogP contribution in [0.3, 0.4) is 0 Å². The van der Waals surface area contributed by atoms with Crippen LogP contribution in [0.25, 0.3) is 10.9 Å². The van der Waals surface area contributed by atoms with Crippen LogP contribution in [0.2, 0.25) is 0 Å². The first-order valence-electron chi connectivity index (χ1n) is 3.61. The van der Waals surface area contributed by atoms with Gasteiger partial charge in [-0.3, -0.25) is 0 Å². The molecular formula is C9H8N3. The van der Waals surface area contributed by atoms with E-state index in [1.54, 1.807) is 0 Å². The number of aromatic nitrogens is 2. The van der Waals surface area contributed by atoms with Crippen molar-refractivity contribution in [3.63, 3.8) is 0 Å². The second-order valence-electron chi connectivity index (χ2n) is 2.54. The summed E-state index contributed by atoms with van der Waals surface area (Å²) >= 11 is 0. The van der Waals surface area contributed by atoms with E-state index >= 15 is 0 Å². The first kappa shape index (κ1) is 7.03. The van der Waals surface area contributed by atoms with E-state index in [9.17, 15) is 0 Å². The molecule has 0 bridgehead atoms. The van der Waals surface area contributed by atoms with Crippen LogP contribution in [0, 0.1) is 6.92 Å². The predicted octanol–water partition coefficient (Wildman–Crippen LogP) is 1.39. The van der Waals surface area contributed by atoms with Gasteiger partial charge >= 0.3 is 0 Å². The molecule has 0 saturated carbocycles. The third kappa shape index (κ3) is 0.993. The van der Waals surface area contributed by atoms with Crippen LogP contribution < -0.4 is 5.73 Å². The molecule has 0 saturated heterocycles. The molecule has 0 amide bonds. The van der Waals surface area contributed by atoms with Gasteiger partial charge in [-0.25, -0.2) is 9.97 Å². The highest BCUT2D eigenvalue weighted by Crippen LogP contribution is 2.16. The van der Waals surface area contributed by atoms with E-state index in [4.69, 9.17) is 5.73 Å². The molecule has 0 aliphatic rings. The average Bonchev–Trinajstić information content (AvgIpc) is 2.04. The van der Waals surface area contributed by atoms with Crippen molar-refractivity contribution in [3.05, 3.63) is 37.0 Å². The summed E-state index contributed by atoms with van der Waals surface area (Å²) < 4.78 is 0. The van der Waals surface area contributed by atoms with Crippen LogP contribution in [0.4, 0.5) is 5.82 Å². The van der Waals surface area contributed by atoms with Crippen molar-refractivity contribution in [3.8, 4) is 0 Å². The molecule has 1 heterocycles. The average molecular weight is 158 g/mol. The maximum atomic E-state index is 5.67. The van der Waals surface area contributed by atoms with Crippen molar-refractivity contribution in [2.24, 2.45) is 0 Å². The summed E-state index contributed by atoms with van der Waals surface area (Å²) in [4.78, 5) is 8.09. The summed E-state index contributed by atoms with van der Waals surface area (Å²) in [5, 5.41) is 0.880. The minimum absolute atomic E-state index is 0.464. The third-order valence-corrected chi connectivity index (χ3v) is 1.68. The quantitative estimate of drug-likeness (QED) is 0.630. The number of rotatable bonds is 0. The standard InChI is InChI=1S/C9H8N3/c1-6-11-8-5-3-2-4-7(8)9(10)12-6/h2-5H,1H2,(H2,10,11,12). The molecule has 1 aromatic carbocycles. The molecule has 0 aliphatic carbocycles. The largest absolute Gasteiger partial charge is 0.383 e. The minimum Gasteiger partial charge on any atom is -0.383 e. The van der Waals surface area contributed by atoms with Gasteiger partial charge in [0.25, 0.3) is 0 Å². The molecule has 0 spiro atoms. The summed E-state index contributed by atoms with van der Waals surface area (Å²) in [5.41, 5.74) is 6.51. The SMILES string of the molecule is [CH2]c1nc(N)c2ccccc2n1. The smallest absolute Gasteiger partial charge is 0.135 e. The number of nitrogens with two attached hydrogens (primary N) is 1. The molecule has 0 atom stereocenters. The highest BCUT2D eigenvalue weighted by Gasteiger charge is 1.99.